The number of aromatic nitrogens is 2. The smallest absolute Gasteiger partial charge is 0.318 e. The molecule has 2 aromatic heterocycles. The second-order valence-corrected chi connectivity index (χ2v) is 5.09. The van der Waals surface area contributed by atoms with E-state index in [2.05, 4.69) is 14.8 Å². The van der Waals surface area contributed by atoms with Gasteiger partial charge in [0, 0.05) is 22.5 Å². The number of fused-ring (bicyclic) bond motifs is 1. The van der Waals surface area contributed by atoms with Crippen molar-refractivity contribution >= 4 is 28.0 Å². The molecule has 98 valence electrons. The average molecular weight is 282 g/mol. The third-order valence-corrected chi connectivity index (χ3v) is 3.85. The molecule has 0 radical (unpaired) electrons. The fourth-order valence-electron chi connectivity index (χ4n) is 1.97. The SMILES string of the molecule is [C-]#[N+]C(N)c1csc(C(=O)c2c[nH]c3ccccc23)n1. The summed E-state index contributed by atoms with van der Waals surface area (Å²) in [7, 11) is 0. The van der Waals surface area contributed by atoms with Crippen molar-refractivity contribution in [3.8, 4) is 0 Å². The van der Waals surface area contributed by atoms with E-state index in [9.17, 15) is 4.79 Å². The summed E-state index contributed by atoms with van der Waals surface area (Å²) in [5, 5.41) is 2.87. The summed E-state index contributed by atoms with van der Waals surface area (Å²) >= 11 is 1.21. The molecule has 2 heterocycles. The number of H-pyrrole nitrogens is 1. The van der Waals surface area contributed by atoms with E-state index in [1.807, 2.05) is 24.3 Å². The van der Waals surface area contributed by atoms with E-state index < -0.39 is 6.17 Å². The second-order valence-electron chi connectivity index (χ2n) is 4.23. The zero-order valence-corrected chi connectivity index (χ0v) is 11.1. The molecule has 0 aliphatic heterocycles. The van der Waals surface area contributed by atoms with E-state index in [4.69, 9.17) is 12.3 Å². The molecule has 3 rings (SSSR count). The first-order chi connectivity index (χ1) is 9.70. The number of hydrogen-bond donors (Lipinski definition) is 2. The molecule has 1 aromatic carbocycles. The molecule has 1 atom stereocenters. The van der Waals surface area contributed by atoms with Gasteiger partial charge in [-0.25, -0.2) is 11.6 Å². The summed E-state index contributed by atoms with van der Waals surface area (Å²) in [6, 6.07) is 7.59. The molecule has 0 fully saturated rings. The molecule has 0 bridgehead atoms. The molecule has 20 heavy (non-hydrogen) atoms. The first-order valence-corrected chi connectivity index (χ1v) is 6.77. The third kappa shape index (κ3) is 1.99. The quantitative estimate of drug-likeness (QED) is 0.573. The predicted octanol–water partition coefficient (Wildman–Crippen LogP) is 2.73. The van der Waals surface area contributed by atoms with Crippen LogP contribution in [0, 0.1) is 6.57 Å². The number of para-hydroxylation sites is 1. The number of aromatic amines is 1. The highest BCUT2D eigenvalue weighted by Gasteiger charge is 2.20. The summed E-state index contributed by atoms with van der Waals surface area (Å²) < 4.78 is 0. The lowest BCUT2D eigenvalue weighted by Gasteiger charge is -1.95. The lowest BCUT2D eigenvalue weighted by Crippen LogP contribution is -2.06. The number of nitrogens with one attached hydrogen (secondary N) is 1. The number of carbonyl (C=O) groups excluding carboxylic acids is 1. The fourth-order valence-corrected chi connectivity index (χ4v) is 2.77. The highest BCUT2D eigenvalue weighted by atomic mass is 32.1. The number of carbonyl (C=O) groups is 1. The van der Waals surface area contributed by atoms with E-state index in [0.717, 1.165) is 10.9 Å². The maximum atomic E-state index is 12.5. The highest BCUT2D eigenvalue weighted by molar-refractivity contribution is 7.12. The van der Waals surface area contributed by atoms with Crippen LogP contribution in [-0.2, 0) is 0 Å². The van der Waals surface area contributed by atoms with Gasteiger partial charge in [-0.2, -0.15) is 0 Å². The molecule has 0 saturated heterocycles. The predicted molar refractivity (Wildman–Crippen MR) is 77.4 cm³/mol. The van der Waals surface area contributed by atoms with Crippen LogP contribution in [0.1, 0.15) is 27.2 Å². The van der Waals surface area contributed by atoms with Crippen LogP contribution in [0.3, 0.4) is 0 Å². The van der Waals surface area contributed by atoms with Crippen LogP contribution < -0.4 is 5.73 Å². The maximum absolute atomic E-state index is 12.5. The van der Waals surface area contributed by atoms with Crippen molar-refractivity contribution in [3.05, 3.63) is 63.5 Å². The van der Waals surface area contributed by atoms with Crippen LogP contribution >= 0.6 is 11.3 Å². The third-order valence-electron chi connectivity index (χ3n) is 2.99. The van der Waals surface area contributed by atoms with Gasteiger partial charge in [-0.1, -0.05) is 18.2 Å². The summed E-state index contributed by atoms with van der Waals surface area (Å²) in [6.45, 7) is 6.88. The van der Waals surface area contributed by atoms with Crippen molar-refractivity contribution in [1.29, 1.82) is 0 Å². The molecule has 6 heteroatoms. The van der Waals surface area contributed by atoms with Gasteiger partial charge >= 0.3 is 6.17 Å². The molecular weight excluding hydrogens is 272 g/mol. The summed E-state index contributed by atoms with van der Waals surface area (Å²) in [6.07, 6.45) is 0.874. The zero-order chi connectivity index (χ0) is 14.1. The van der Waals surface area contributed by atoms with Crippen molar-refractivity contribution in [3.63, 3.8) is 0 Å². The van der Waals surface area contributed by atoms with Crippen molar-refractivity contribution < 1.29 is 4.79 Å². The standard InChI is InChI=1S/C14H10N4OS/c1-16-13(15)11-7-20-14(18-11)12(19)9-6-17-10-5-3-2-4-8(9)10/h2-7,13,17H,15H2. The molecular formula is C14H10N4OS. The lowest BCUT2D eigenvalue weighted by atomic mass is 10.1. The van der Waals surface area contributed by atoms with Gasteiger partial charge in [0.2, 0.25) is 5.78 Å². The first kappa shape index (κ1) is 12.5. The number of ketones is 1. The van der Waals surface area contributed by atoms with Crippen LogP contribution in [0.15, 0.2) is 35.8 Å². The molecule has 0 saturated carbocycles. The molecule has 0 aliphatic rings. The first-order valence-electron chi connectivity index (χ1n) is 5.89. The normalized spacial score (nSPS) is 12.2. The van der Waals surface area contributed by atoms with Gasteiger partial charge in [0.25, 0.3) is 0 Å². The zero-order valence-electron chi connectivity index (χ0n) is 10.3. The van der Waals surface area contributed by atoms with Crippen LogP contribution in [0.5, 0.6) is 0 Å². The Kier molecular flexibility index (Phi) is 3.06. The number of rotatable bonds is 3. The Hall–Kier alpha value is -2.49. The van der Waals surface area contributed by atoms with Crippen LogP contribution in [0.25, 0.3) is 15.7 Å². The van der Waals surface area contributed by atoms with Crippen LogP contribution in [0.2, 0.25) is 0 Å². The van der Waals surface area contributed by atoms with Crippen LogP contribution in [0.4, 0.5) is 0 Å². The van der Waals surface area contributed by atoms with Crippen molar-refractivity contribution in [1.82, 2.24) is 9.97 Å². The van der Waals surface area contributed by atoms with E-state index in [1.165, 1.54) is 11.3 Å². The van der Waals surface area contributed by atoms with E-state index in [1.54, 1.807) is 11.6 Å². The Labute approximate surface area is 118 Å². The van der Waals surface area contributed by atoms with Gasteiger partial charge in [-0.15, -0.1) is 11.3 Å². The highest BCUT2D eigenvalue weighted by Crippen LogP contribution is 2.23. The second kappa shape index (κ2) is 4.89. The van der Waals surface area contributed by atoms with Crippen molar-refractivity contribution in [2.45, 2.75) is 6.17 Å². The molecule has 1 unspecified atom stereocenters. The Morgan fingerprint density at radius 2 is 2.25 bits per heavy atom. The fraction of sp³-hybridized carbons (Fsp3) is 0.0714. The molecule has 0 spiro atoms. The average Bonchev–Trinajstić information content (AvgIpc) is 3.12. The summed E-state index contributed by atoms with van der Waals surface area (Å²) in [5.74, 6) is -0.157. The molecule has 3 N–H and O–H groups in total. The van der Waals surface area contributed by atoms with E-state index in [0.29, 0.717) is 16.3 Å². The number of hydrogen-bond acceptors (Lipinski definition) is 4. The number of benzene rings is 1. The lowest BCUT2D eigenvalue weighted by molar-refractivity contribution is 0.104. The van der Waals surface area contributed by atoms with Gasteiger partial charge in [0.05, 0.1) is 5.56 Å². The maximum Gasteiger partial charge on any atom is 0.318 e. The van der Waals surface area contributed by atoms with E-state index >= 15 is 0 Å². The molecule has 0 aliphatic carbocycles. The number of nitrogens with zero attached hydrogens (tertiary/aromatic N) is 2. The molecule has 0 amide bonds. The minimum atomic E-state index is -0.809. The largest absolute Gasteiger partial charge is 0.360 e. The topological polar surface area (TPSA) is 76.1 Å². The van der Waals surface area contributed by atoms with Gasteiger partial charge in [-0.05, 0) is 6.07 Å². The molecule has 5 nitrogen and oxygen atoms in total. The van der Waals surface area contributed by atoms with Gasteiger partial charge in [0.1, 0.15) is 5.69 Å². The van der Waals surface area contributed by atoms with Crippen molar-refractivity contribution in [2.75, 3.05) is 0 Å². The summed E-state index contributed by atoms with van der Waals surface area (Å²) in [4.78, 5) is 22.9. The van der Waals surface area contributed by atoms with Gasteiger partial charge in [-0.3, -0.25) is 15.4 Å². The minimum Gasteiger partial charge on any atom is -0.360 e. The van der Waals surface area contributed by atoms with E-state index in [-0.39, 0.29) is 5.78 Å². The Bertz CT molecular complexity index is 827. The van der Waals surface area contributed by atoms with Gasteiger partial charge < -0.3 is 4.98 Å². The monoisotopic (exact) mass is 282 g/mol. The Balaban J connectivity index is 2.01. The number of thiazole rings is 1. The van der Waals surface area contributed by atoms with Crippen molar-refractivity contribution in [2.24, 2.45) is 5.73 Å². The Morgan fingerprint density at radius 1 is 1.45 bits per heavy atom. The van der Waals surface area contributed by atoms with Gasteiger partial charge in [0.15, 0.2) is 5.01 Å². The number of nitrogens with two attached hydrogens (primary N) is 1. The molecule has 3 aromatic rings. The Morgan fingerprint density at radius 3 is 3.05 bits per heavy atom. The summed E-state index contributed by atoms with van der Waals surface area (Å²) in [5.41, 5.74) is 7.52. The van der Waals surface area contributed by atoms with Crippen LogP contribution in [-0.4, -0.2) is 15.8 Å². The minimum absolute atomic E-state index is 0.157.